The van der Waals surface area contributed by atoms with Crippen LogP contribution in [0.25, 0.3) is 0 Å². The molecule has 136 valence electrons. The van der Waals surface area contributed by atoms with E-state index in [1.165, 1.54) is 0 Å². The van der Waals surface area contributed by atoms with Gasteiger partial charge in [-0.05, 0) is 47.1 Å². The van der Waals surface area contributed by atoms with Gasteiger partial charge in [-0.1, -0.05) is 0 Å². The number of nitrogens with one attached hydrogen (secondary N) is 1. The number of nitrogens with zero attached hydrogens (tertiary/aromatic N) is 6. The molecule has 1 fully saturated rings. The Hall–Kier alpha value is -2.22. The van der Waals surface area contributed by atoms with Crippen LogP contribution >= 0.6 is 0 Å². The fraction of sp³-hybridized carbons (Fsp3) is 0.647. The van der Waals surface area contributed by atoms with Crippen LogP contribution in [-0.2, 0) is 11.3 Å². The Morgan fingerprint density at radius 1 is 1.40 bits per heavy atom. The first kappa shape index (κ1) is 17.6. The van der Waals surface area contributed by atoms with Crippen LogP contribution in [-0.4, -0.2) is 54.5 Å². The highest BCUT2D eigenvalue weighted by molar-refractivity contribution is 5.91. The number of anilines is 1. The molecule has 2 aromatic heterocycles. The van der Waals surface area contributed by atoms with Gasteiger partial charge in [0.15, 0.2) is 0 Å². The third-order valence-corrected chi connectivity index (χ3v) is 4.62. The number of hydrogen-bond donors (Lipinski definition) is 1. The Bertz CT molecular complexity index is 733. The molecule has 0 aliphatic carbocycles. The maximum Gasteiger partial charge on any atom is 0.239 e. The zero-order chi connectivity index (χ0) is 18.0. The number of carbonyl (C=O) groups excluding carboxylic acids is 1. The summed E-state index contributed by atoms with van der Waals surface area (Å²) < 4.78 is 3.77. The highest BCUT2D eigenvalue weighted by Crippen LogP contribution is 2.19. The van der Waals surface area contributed by atoms with Gasteiger partial charge in [0.25, 0.3) is 0 Å². The van der Waals surface area contributed by atoms with E-state index in [4.69, 9.17) is 0 Å². The molecule has 1 aliphatic rings. The lowest BCUT2D eigenvalue weighted by atomic mass is 10.2. The van der Waals surface area contributed by atoms with E-state index in [1.807, 2.05) is 43.1 Å². The lowest BCUT2D eigenvalue weighted by Crippen LogP contribution is -2.39. The number of amides is 1. The minimum atomic E-state index is 0.000734. The molecule has 0 saturated carbocycles. The molecule has 0 spiro atoms. The third-order valence-electron chi connectivity index (χ3n) is 4.62. The van der Waals surface area contributed by atoms with E-state index in [0.29, 0.717) is 12.6 Å². The molecule has 25 heavy (non-hydrogen) atoms. The van der Waals surface area contributed by atoms with Gasteiger partial charge >= 0.3 is 0 Å². The van der Waals surface area contributed by atoms with Crippen molar-refractivity contribution in [1.29, 1.82) is 0 Å². The van der Waals surface area contributed by atoms with Crippen LogP contribution in [0.3, 0.4) is 0 Å². The van der Waals surface area contributed by atoms with Crippen LogP contribution in [0.5, 0.6) is 0 Å². The Kier molecular flexibility index (Phi) is 5.17. The van der Waals surface area contributed by atoms with Gasteiger partial charge in [-0.3, -0.25) is 9.69 Å². The number of likely N-dealkylation sites (tertiary alicyclic amines) is 1. The van der Waals surface area contributed by atoms with E-state index in [9.17, 15) is 4.79 Å². The normalized spacial score (nSPS) is 18.2. The first-order valence-corrected chi connectivity index (χ1v) is 8.89. The van der Waals surface area contributed by atoms with Gasteiger partial charge in [0.05, 0.1) is 19.3 Å². The van der Waals surface area contributed by atoms with E-state index in [2.05, 4.69) is 25.4 Å². The van der Waals surface area contributed by atoms with Gasteiger partial charge < -0.3 is 5.32 Å². The van der Waals surface area contributed by atoms with Crippen molar-refractivity contribution in [3.63, 3.8) is 0 Å². The fourth-order valence-electron chi connectivity index (χ4n) is 3.44. The van der Waals surface area contributed by atoms with Crippen LogP contribution < -0.4 is 5.32 Å². The monoisotopic (exact) mass is 345 g/mol. The van der Waals surface area contributed by atoms with Gasteiger partial charge in [0.2, 0.25) is 5.91 Å². The van der Waals surface area contributed by atoms with E-state index in [1.54, 1.807) is 6.20 Å². The van der Waals surface area contributed by atoms with Crippen molar-refractivity contribution in [2.75, 3.05) is 18.4 Å². The number of aryl methyl sites for hydroxylation is 2. The highest BCUT2D eigenvalue weighted by atomic mass is 16.2. The predicted octanol–water partition coefficient (Wildman–Crippen LogP) is 1.78. The van der Waals surface area contributed by atoms with Crippen LogP contribution in [0.2, 0.25) is 0 Å². The average Bonchev–Trinajstić information content (AvgIpc) is 3.22. The van der Waals surface area contributed by atoms with Crippen molar-refractivity contribution in [2.45, 2.75) is 59.2 Å². The molecule has 1 saturated heterocycles. The number of hydrogen-bond acceptors (Lipinski definition) is 5. The van der Waals surface area contributed by atoms with Crippen molar-refractivity contribution in [3.8, 4) is 0 Å². The standard InChI is InChI=1S/C17H27N7O/c1-12(2)24-16(7-8-18-24)20-17(25)11-22-9-5-6-15(22)10-23-14(4)19-13(3)21-23/h7-8,12,15H,5-6,9-11H2,1-4H3,(H,20,25). The van der Waals surface area contributed by atoms with Gasteiger partial charge in [0.1, 0.15) is 17.5 Å². The summed E-state index contributed by atoms with van der Waals surface area (Å²) in [6, 6.07) is 2.37. The van der Waals surface area contributed by atoms with Gasteiger partial charge in [-0.25, -0.2) is 14.3 Å². The summed E-state index contributed by atoms with van der Waals surface area (Å²) in [4.78, 5) is 19.1. The SMILES string of the molecule is Cc1nc(C)n(CC2CCCN2CC(=O)Nc2ccnn2C(C)C)n1. The molecular formula is C17H27N7O. The lowest BCUT2D eigenvalue weighted by molar-refractivity contribution is -0.117. The van der Waals surface area contributed by atoms with Crippen molar-refractivity contribution >= 4 is 11.7 Å². The predicted molar refractivity (Wildman–Crippen MR) is 95.3 cm³/mol. The Morgan fingerprint density at radius 2 is 2.20 bits per heavy atom. The molecule has 1 N–H and O–H groups in total. The quantitative estimate of drug-likeness (QED) is 0.863. The minimum absolute atomic E-state index is 0.000734. The Balaban J connectivity index is 1.60. The number of rotatable bonds is 6. The fourth-order valence-corrected chi connectivity index (χ4v) is 3.44. The van der Waals surface area contributed by atoms with Crippen molar-refractivity contribution in [3.05, 3.63) is 23.9 Å². The zero-order valence-electron chi connectivity index (χ0n) is 15.4. The molecule has 2 aromatic rings. The first-order valence-electron chi connectivity index (χ1n) is 8.89. The summed E-state index contributed by atoms with van der Waals surface area (Å²) in [6.07, 6.45) is 3.90. The van der Waals surface area contributed by atoms with E-state index >= 15 is 0 Å². The van der Waals surface area contributed by atoms with Gasteiger partial charge in [0, 0.05) is 18.2 Å². The lowest BCUT2D eigenvalue weighted by Gasteiger charge is -2.24. The summed E-state index contributed by atoms with van der Waals surface area (Å²) in [5.74, 6) is 2.47. The highest BCUT2D eigenvalue weighted by Gasteiger charge is 2.27. The molecular weight excluding hydrogens is 318 g/mol. The molecule has 0 radical (unpaired) electrons. The molecule has 1 aliphatic heterocycles. The second-order valence-corrected chi connectivity index (χ2v) is 6.96. The van der Waals surface area contributed by atoms with Crippen LogP contribution in [0.1, 0.15) is 44.4 Å². The smallest absolute Gasteiger partial charge is 0.239 e. The molecule has 1 amide bonds. The largest absolute Gasteiger partial charge is 0.310 e. The van der Waals surface area contributed by atoms with Crippen LogP contribution in [0.15, 0.2) is 12.3 Å². The molecule has 8 nitrogen and oxygen atoms in total. The second kappa shape index (κ2) is 7.35. The summed E-state index contributed by atoms with van der Waals surface area (Å²) in [5.41, 5.74) is 0. The van der Waals surface area contributed by atoms with Crippen LogP contribution in [0.4, 0.5) is 5.82 Å². The van der Waals surface area contributed by atoms with Crippen molar-refractivity contribution < 1.29 is 4.79 Å². The first-order chi connectivity index (χ1) is 11.9. The van der Waals surface area contributed by atoms with E-state index in [-0.39, 0.29) is 11.9 Å². The van der Waals surface area contributed by atoms with Gasteiger partial charge in [-0.15, -0.1) is 0 Å². The summed E-state index contributed by atoms with van der Waals surface area (Å²) >= 11 is 0. The Morgan fingerprint density at radius 3 is 2.88 bits per heavy atom. The van der Waals surface area contributed by atoms with Gasteiger partial charge in [-0.2, -0.15) is 10.2 Å². The van der Waals surface area contributed by atoms with E-state index < -0.39 is 0 Å². The molecule has 0 aromatic carbocycles. The average molecular weight is 345 g/mol. The summed E-state index contributed by atoms with van der Waals surface area (Å²) in [5, 5.41) is 11.7. The minimum Gasteiger partial charge on any atom is -0.310 e. The van der Waals surface area contributed by atoms with E-state index in [0.717, 1.165) is 43.4 Å². The molecule has 0 bridgehead atoms. The Labute approximate surface area is 148 Å². The summed E-state index contributed by atoms with van der Waals surface area (Å²) in [6.45, 7) is 10.1. The maximum absolute atomic E-state index is 12.5. The summed E-state index contributed by atoms with van der Waals surface area (Å²) in [7, 11) is 0. The van der Waals surface area contributed by atoms with Crippen molar-refractivity contribution in [2.24, 2.45) is 0 Å². The second-order valence-electron chi connectivity index (χ2n) is 6.96. The molecule has 1 unspecified atom stereocenters. The molecule has 3 rings (SSSR count). The van der Waals surface area contributed by atoms with Crippen LogP contribution in [0, 0.1) is 13.8 Å². The third kappa shape index (κ3) is 4.07. The topological polar surface area (TPSA) is 80.9 Å². The molecule has 3 heterocycles. The molecule has 8 heteroatoms. The van der Waals surface area contributed by atoms with Crippen molar-refractivity contribution in [1.82, 2.24) is 29.4 Å². The number of aromatic nitrogens is 5. The number of carbonyl (C=O) groups is 1. The maximum atomic E-state index is 12.5. The molecule has 1 atom stereocenters. The zero-order valence-corrected chi connectivity index (χ0v) is 15.4.